The van der Waals surface area contributed by atoms with Crippen molar-refractivity contribution >= 4 is 11.3 Å². The summed E-state index contributed by atoms with van der Waals surface area (Å²) in [5.41, 5.74) is 1.89. The maximum atomic E-state index is 9.10. The number of hydrogen-bond donors (Lipinski definition) is 3. The minimum atomic E-state index is -0.238. The Bertz CT molecular complexity index is 465. The van der Waals surface area contributed by atoms with Gasteiger partial charge in [-0.25, -0.2) is 0 Å². The highest BCUT2D eigenvalue weighted by Crippen LogP contribution is 2.23. The summed E-state index contributed by atoms with van der Waals surface area (Å²) in [5.74, 6) is 0. The number of nitrogens with one attached hydrogen (secondary N) is 1. The lowest BCUT2D eigenvalue weighted by Crippen LogP contribution is -2.37. The Kier molecular flexibility index (Phi) is 4.48. The molecule has 0 saturated carbocycles. The van der Waals surface area contributed by atoms with Gasteiger partial charge in [0, 0.05) is 12.2 Å². The topological polar surface area (TPSA) is 72.4 Å². The molecule has 0 unspecified atom stereocenters. The summed E-state index contributed by atoms with van der Waals surface area (Å²) in [6.45, 7) is 0.502. The molecule has 0 bridgehead atoms. The van der Waals surface area contributed by atoms with Crippen LogP contribution in [0.4, 0.5) is 0 Å². The molecule has 3 N–H and O–H groups in total. The minimum Gasteiger partial charge on any atom is -0.395 e. The van der Waals surface area contributed by atoms with Gasteiger partial charge in [0.15, 0.2) is 0 Å². The summed E-state index contributed by atoms with van der Waals surface area (Å²) in [5, 5.41) is 27.5. The number of aliphatic hydroxyl groups excluding tert-OH is 2. The first-order valence-corrected chi connectivity index (χ1v) is 6.62. The molecule has 0 radical (unpaired) electrons. The zero-order valence-electron chi connectivity index (χ0n) is 10.2. The molecule has 2 aromatic heterocycles. The first kappa shape index (κ1) is 13.2. The lowest BCUT2D eigenvalue weighted by molar-refractivity contribution is 0.0866. The number of nitrogens with zero attached hydrogens (tertiary/aromatic N) is 2. The summed E-state index contributed by atoms with van der Waals surface area (Å²) in [7, 11) is 1.86. The molecule has 98 valence electrons. The molecule has 0 amide bonds. The predicted molar refractivity (Wildman–Crippen MR) is 71.3 cm³/mol. The van der Waals surface area contributed by atoms with Crippen LogP contribution in [-0.4, -0.2) is 51.6 Å². The molecular formula is C12H17N3O2S. The zero-order chi connectivity index (χ0) is 13.0. The van der Waals surface area contributed by atoms with E-state index in [1.807, 2.05) is 35.5 Å². The highest BCUT2D eigenvalue weighted by atomic mass is 32.1. The number of likely N-dealkylation sites (N-methyl/N-ethyl adjacent to an activating group) is 1. The highest BCUT2D eigenvalue weighted by Gasteiger charge is 2.14. The van der Waals surface area contributed by atoms with Gasteiger partial charge < -0.3 is 10.2 Å². The number of aliphatic hydroxyl groups is 2. The van der Waals surface area contributed by atoms with Crippen LogP contribution in [0.5, 0.6) is 0 Å². The second-order valence-corrected chi connectivity index (χ2v) is 5.14. The molecule has 0 saturated heterocycles. The van der Waals surface area contributed by atoms with Gasteiger partial charge in [0.2, 0.25) is 0 Å². The molecule has 0 atom stereocenters. The van der Waals surface area contributed by atoms with E-state index in [4.69, 9.17) is 10.2 Å². The minimum absolute atomic E-state index is 0.0566. The number of aromatic nitrogens is 2. The van der Waals surface area contributed by atoms with Gasteiger partial charge in [0.1, 0.15) is 5.69 Å². The molecule has 0 aliphatic carbocycles. The Hall–Kier alpha value is -1.21. The van der Waals surface area contributed by atoms with Crippen molar-refractivity contribution < 1.29 is 10.2 Å². The van der Waals surface area contributed by atoms with Crippen molar-refractivity contribution in [1.82, 2.24) is 15.1 Å². The van der Waals surface area contributed by atoms with Gasteiger partial charge in [-0.2, -0.15) is 5.10 Å². The van der Waals surface area contributed by atoms with Crippen LogP contribution in [0.2, 0.25) is 0 Å². The molecule has 5 nitrogen and oxygen atoms in total. The third kappa shape index (κ3) is 2.97. The first-order chi connectivity index (χ1) is 8.74. The molecule has 0 fully saturated rings. The van der Waals surface area contributed by atoms with Gasteiger partial charge in [-0.3, -0.25) is 10.00 Å². The van der Waals surface area contributed by atoms with Crippen LogP contribution in [0.25, 0.3) is 10.6 Å². The number of hydrogen-bond acceptors (Lipinski definition) is 5. The standard InChI is InChI=1S/C12H17N3O2S/c1-15(10(7-16)8-17)6-9-5-11(14-13-9)12-3-2-4-18-12/h2-5,10,16-17H,6-8H2,1H3,(H,13,14). The summed E-state index contributed by atoms with van der Waals surface area (Å²) in [4.78, 5) is 3.02. The van der Waals surface area contributed by atoms with E-state index in [2.05, 4.69) is 10.2 Å². The highest BCUT2D eigenvalue weighted by molar-refractivity contribution is 7.13. The summed E-state index contributed by atoms with van der Waals surface area (Å²) < 4.78 is 0. The lowest BCUT2D eigenvalue weighted by Gasteiger charge is -2.23. The van der Waals surface area contributed by atoms with Crippen LogP contribution in [-0.2, 0) is 6.54 Å². The first-order valence-electron chi connectivity index (χ1n) is 5.74. The molecular weight excluding hydrogens is 250 g/mol. The molecule has 2 heterocycles. The van der Waals surface area contributed by atoms with Crippen molar-refractivity contribution in [2.24, 2.45) is 0 Å². The van der Waals surface area contributed by atoms with Gasteiger partial charge in [-0.1, -0.05) is 6.07 Å². The molecule has 2 aromatic rings. The Balaban J connectivity index is 2.03. The molecule has 2 rings (SSSR count). The van der Waals surface area contributed by atoms with Crippen LogP contribution >= 0.6 is 11.3 Å². The van der Waals surface area contributed by atoms with E-state index in [0.717, 1.165) is 16.3 Å². The van der Waals surface area contributed by atoms with Gasteiger partial charge in [-0.05, 0) is 24.6 Å². The molecule has 18 heavy (non-hydrogen) atoms. The van der Waals surface area contributed by atoms with E-state index in [1.165, 1.54) is 0 Å². The fraction of sp³-hybridized carbons (Fsp3) is 0.417. The van der Waals surface area contributed by atoms with E-state index >= 15 is 0 Å². The normalized spacial score (nSPS) is 11.6. The maximum Gasteiger partial charge on any atom is 0.102 e. The predicted octanol–water partition coefficient (Wildman–Crippen LogP) is 0.923. The quantitative estimate of drug-likeness (QED) is 0.728. The number of rotatable bonds is 6. The Morgan fingerprint density at radius 1 is 1.44 bits per heavy atom. The van der Waals surface area contributed by atoms with Crippen molar-refractivity contribution in [3.63, 3.8) is 0 Å². The molecule has 0 aliphatic heterocycles. The molecule has 6 heteroatoms. The molecule has 0 spiro atoms. The van der Waals surface area contributed by atoms with Gasteiger partial charge >= 0.3 is 0 Å². The third-order valence-electron chi connectivity index (χ3n) is 2.87. The van der Waals surface area contributed by atoms with E-state index in [-0.39, 0.29) is 19.3 Å². The molecule has 0 aromatic carbocycles. The average Bonchev–Trinajstić information content (AvgIpc) is 3.00. The monoisotopic (exact) mass is 267 g/mol. The fourth-order valence-electron chi connectivity index (χ4n) is 1.73. The third-order valence-corrected chi connectivity index (χ3v) is 3.76. The lowest BCUT2D eigenvalue weighted by atomic mass is 10.2. The Labute approximate surface area is 110 Å². The van der Waals surface area contributed by atoms with Gasteiger partial charge in [0.25, 0.3) is 0 Å². The van der Waals surface area contributed by atoms with Crippen molar-refractivity contribution in [3.05, 3.63) is 29.3 Å². The smallest absolute Gasteiger partial charge is 0.102 e. The Morgan fingerprint density at radius 3 is 2.83 bits per heavy atom. The van der Waals surface area contributed by atoms with Gasteiger partial charge in [0.05, 0.1) is 24.1 Å². The van der Waals surface area contributed by atoms with Crippen LogP contribution in [0.15, 0.2) is 23.6 Å². The van der Waals surface area contributed by atoms with Crippen molar-refractivity contribution in [1.29, 1.82) is 0 Å². The second kappa shape index (κ2) is 6.10. The maximum absolute atomic E-state index is 9.10. The number of thiophene rings is 1. The average molecular weight is 267 g/mol. The van der Waals surface area contributed by atoms with Crippen LogP contribution in [0.1, 0.15) is 5.69 Å². The van der Waals surface area contributed by atoms with Crippen molar-refractivity contribution in [2.45, 2.75) is 12.6 Å². The fourth-order valence-corrected chi connectivity index (χ4v) is 2.41. The van der Waals surface area contributed by atoms with Crippen LogP contribution in [0.3, 0.4) is 0 Å². The van der Waals surface area contributed by atoms with Crippen LogP contribution < -0.4 is 0 Å². The van der Waals surface area contributed by atoms with Crippen molar-refractivity contribution in [3.8, 4) is 10.6 Å². The molecule has 0 aliphatic rings. The number of aromatic amines is 1. The zero-order valence-corrected chi connectivity index (χ0v) is 11.0. The largest absolute Gasteiger partial charge is 0.395 e. The van der Waals surface area contributed by atoms with Crippen LogP contribution in [0, 0.1) is 0 Å². The SMILES string of the molecule is CN(Cc1cc(-c2cccs2)n[nH]1)C(CO)CO. The van der Waals surface area contributed by atoms with Gasteiger partial charge in [-0.15, -0.1) is 11.3 Å². The second-order valence-electron chi connectivity index (χ2n) is 4.19. The van der Waals surface area contributed by atoms with E-state index < -0.39 is 0 Å². The van der Waals surface area contributed by atoms with E-state index in [9.17, 15) is 0 Å². The van der Waals surface area contributed by atoms with Crippen molar-refractivity contribution in [2.75, 3.05) is 20.3 Å². The number of H-pyrrole nitrogens is 1. The summed E-state index contributed by atoms with van der Waals surface area (Å²) >= 11 is 1.65. The summed E-state index contributed by atoms with van der Waals surface area (Å²) in [6, 6.07) is 5.78. The van der Waals surface area contributed by atoms with E-state index in [0.29, 0.717) is 6.54 Å². The van der Waals surface area contributed by atoms with E-state index in [1.54, 1.807) is 11.3 Å². The summed E-state index contributed by atoms with van der Waals surface area (Å²) in [6.07, 6.45) is 0. The Morgan fingerprint density at radius 2 is 2.22 bits per heavy atom.